The van der Waals surface area contributed by atoms with E-state index in [0.29, 0.717) is 6.42 Å². The number of hydrogen-bond donors (Lipinski definition) is 5. The Balaban J connectivity index is 2.17. The lowest BCUT2D eigenvalue weighted by molar-refractivity contribution is -0.126. The number of rotatable bonds is 7. The number of aliphatic hydroxyl groups is 2. The van der Waals surface area contributed by atoms with E-state index in [1.807, 2.05) is 13.8 Å². The molecule has 0 heterocycles. The van der Waals surface area contributed by atoms with Gasteiger partial charge in [0.05, 0.1) is 17.2 Å². The van der Waals surface area contributed by atoms with Crippen LogP contribution in [0.15, 0.2) is 29.8 Å². The summed E-state index contributed by atoms with van der Waals surface area (Å²) >= 11 is 5.68. The van der Waals surface area contributed by atoms with E-state index < -0.39 is 47.8 Å². The molecule has 0 unspecified atom stereocenters. The van der Waals surface area contributed by atoms with E-state index >= 15 is 0 Å². The average Bonchev–Trinajstić information content (AvgIpc) is 2.66. The summed E-state index contributed by atoms with van der Waals surface area (Å²) in [6.45, 7) is 3.74. The molecule has 6 N–H and O–H groups in total. The topological polar surface area (TPSA) is 142 Å². The first-order valence-corrected chi connectivity index (χ1v) is 9.80. The van der Waals surface area contributed by atoms with E-state index in [4.69, 9.17) is 17.3 Å². The number of halogens is 2. The smallest absolute Gasteiger partial charge is 0.251 e. The number of nitrogens with two attached hydrogens (primary N) is 1. The van der Waals surface area contributed by atoms with Crippen molar-refractivity contribution in [3.8, 4) is 0 Å². The van der Waals surface area contributed by atoms with Crippen LogP contribution in [0.5, 0.6) is 0 Å². The molecule has 0 spiro atoms. The van der Waals surface area contributed by atoms with Crippen LogP contribution in [-0.4, -0.2) is 52.2 Å². The highest BCUT2D eigenvalue weighted by molar-refractivity contribution is 6.31. The molecule has 1 aromatic rings. The average molecular weight is 442 g/mol. The van der Waals surface area contributed by atoms with Crippen molar-refractivity contribution in [2.45, 2.75) is 51.0 Å². The molecule has 0 saturated carbocycles. The molecule has 1 aromatic carbocycles. The summed E-state index contributed by atoms with van der Waals surface area (Å²) in [5.41, 5.74) is 5.46. The summed E-state index contributed by atoms with van der Waals surface area (Å²) in [6.07, 6.45) is -1.22. The molecule has 0 aliphatic heterocycles. The molecule has 4 atom stereocenters. The molecule has 0 radical (unpaired) electrons. The van der Waals surface area contributed by atoms with Crippen molar-refractivity contribution >= 4 is 29.3 Å². The number of carbonyl (C=O) groups is 3. The first-order chi connectivity index (χ1) is 14.0. The molecule has 1 aliphatic carbocycles. The van der Waals surface area contributed by atoms with Crippen molar-refractivity contribution in [2.24, 2.45) is 11.7 Å². The van der Waals surface area contributed by atoms with Gasteiger partial charge in [0.1, 0.15) is 18.0 Å². The first-order valence-electron chi connectivity index (χ1n) is 9.42. The monoisotopic (exact) mass is 441 g/mol. The maximum atomic E-state index is 13.3. The maximum absolute atomic E-state index is 13.3. The third kappa shape index (κ3) is 6.01. The van der Waals surface area contributed by atoms with Crippen LogP contribution in [0, 0.1) is 11.7 Å². The van der Waals surface area contributed by atoms with E-state index in [-0.39, 0.29) is 28.5 Å². The minimum Gasteiger partial charge on any atom is -0.390 e. The quantitative estimate of drug-likeness (QED) is 0.422. The predicted molar refractivity (Wildman–Crippen MR) is 108 cm³/mol. The van der Waals surface area contributed by atoms with Gasteiger partial charge in [0.2, 0.25) is 11.8 Å². The summed E-state index contributed by atoms with van der Waals surface area (Å²) in [4.78, 5) is 36.6. The van der Waals surface area contributed by atoms with Gasteiger partial charge in [-0.1, -0.05) is 31.5 Å². The summed E-state index contributed by atoms with van der Waals surface area (Å²) in [7, 11) is 0. The second-order valence-corrected chi connectivity index (χ2v) is 8.05. The van der Waals surface area contributed by atoms with E-state index in [9.17, 15) is 29.0 Å². The van der Waals surface area contributed by atoms with Gasteiger partial charge < -0.3 is 26.6 Å². The number of benzene rings is 1. The minimum absolute atomic E-state index is 0.0405. The van der Waals surface area contributed by atoms with E-state index in [2.05, 4.69) is 10.6 Å². The van der Waals surface area contributed by atoms with Crippen molar-refractivity contribution in [3.63, 3.8) is 0 Å². The Kier molecular flexibility index (Phi) is 7.94. The first kappa shape index (κ1) is 23.8. The molecule has 1 aliphatic rings. The molecule has 2 rings (SSSR count). The van der Waals surface area contributed by atoms with E-state index in [0.717, 1.165) is 12.1 Å². The van der Waals surface area contributed by atoms with Gasteiger partial charge in [-0.3, -0.25) is 14.4 Å². The minimum atomic E-state index is -1.37. The van der Waals surface area contributed by atoms with Crippen LogP contribution < -0.4 is 16.4 Å². The number of aliphatic hydroxyl groups excluding tert-OH is 2. The highest BCUT2D eigenvalue weighted by Gasteiger charge is 2.34. The van der Waals surface area contributed by atoms with Crippen LogP contribution in [0.3, 0.4) is 0 Å². The van der Waals surface area contributed by atoms with Crippen molar-refractivity contribution in [3.05, 3.63) is 46.3 Å². The highest BCUT2D eigenvalue weighted by Crippen LogP contribution is 2.22. The van der Waals surface area contributed by atoms with Crippen LogP contribution in [0.25, 0.3) is 0 Å². The molecule has 30 heavy (non-hydrogen) atoms. The molecule has 164 valence electrons. The van der Waals surface area contributed by atoms with Gasteiger partial charge in [0, 0.05) is 17.6 Å². The molecule has 0 aromatic heterocycles. The third-order valence-corrected chi connectivity index (χ3v) is 4.99. The standard InChI is InChI=1S/C20H25ClFN3O5/c1-9(2)5-15(18(23)28)25-20(30)11-7-14(17(27)16(26)8-11)24-19(29)10-3-4-13(22)12(21)6-10/h3-4,6-7,9,14-17,26-27H,5,8H2,1-2H3,(H2,23,28)(H,24,29)(H,25,30)/t14-,15-,16-,17-/m1/s1. The Morgan fingerprint density at radius 2 is 1.93 bits per heavy atom. The van der Waals surface area contributed by atoms with Gasteiger partial charge in [0.25, 0.3) is 5.91 Å². The Hall–Kier alpha value is -2.49. The second kappa shape index (κ2) is 10.0. The molecule has 0 bridgehead atoms. The Labute approximate surface area is 178 Å². The Morgan fingerprint density at radius 3 is 2.50 bits per heavy atom. The van der Waals surface area contributed by atoms with E-state index in [1.54, 1.807) is 0 Å². The SMILES string of the molecule is CC(C)C[C@@H](NC(=O)C1=C[C@@H](NC(=O)c2ccc(F)c(Cl)c2)[C@@H](O)[C@H](O)C1)C(N)=O. The number of amides is 3. The van der Waals surface area contributed by atoms with Gasteiger partial charge in [0.15, 0.2) is 0 Å². The number of nitrogens with one attached hydrogen (secondary N) is 2. The summed E-state index contributed by atoms with van der Waals surface area (Å²) in [5.74, 6) is -2.59. The van der Waals surface area contributed by atoms with Crippen molar-refractivity contribution in [1.29, 1.82) is 0 Å². The molecular formula is C20H25ClFN3O5. The van der Waals surface area contributed by atoms with E-state index in [1.165, 1.54) is 12.1 Å². The molecule has 3 amide bonds. The van der Waals surface area contributed by atoms with Gasteiger partial charge in [-0.15, -0.1) is 0 Å². The third-order valence-electron chi connectivity index (χ3n) is 4.70. The summed E-state index contributed by atoms with van der Waals surface area (Å²) in [5, 5.41) is 25.1. The largest absolute Gasteiger partial charge is 0.390 e. The zero-order valence-corrected chi connectivity index (χ0v) is 17.3. The molecular weight excluding hydrogens is 417 g/mol. The lowest BCUT2D eigenvalue weighted by Crippen LogP contribution is -2.52. The van der Waals surface area contributed by atoms with Gasteiger partial charge in [-0.05, 0) is 30.5 Å². The highest BCUT2D eigenvalue weighted by atomic mass is 35.5. The maximum Gasteiger partial charge on any atom is 0.251 e. The van der Waals surface area contributed by atoms with Gasteiger partial charge in [-0.2, -0.15) is 0 Å². The van der Waals surface area contributed by atoms with Crippen molar-refractivity contribution in [2.75, 3.05) is 0 Å². The van der Waals surface area contributed by atoms with Crippen LogP contribution in [-0.2, 0) is 9.59 Å². The van der Waals surface area contributed by atoms with Crippen LogP contribution in [0.4, 0.5) is 4.39 Å². The normalized spacial score (nSPS) is 22.2. The Morgan fingerprint density at radius 1 is 1.27 bits per heavy atom. The number of hydrogen-bond acceptors (Lipinski definition) is 5. The fourth-order valence-corrected chi connectivity index (χ4v) is 3.29. The number of primary amides is 1. The predicted octanol–water partition coefficient (Wildman–Crippen LogP) is 0.646. The fraction of sp³-hybridized carbons (Fsp3) is 0.450. The molecule has 10 heteroatoms. The zero-order chi connectivity index (χ0) is 22.6. The van der Waals surface area contributed by atoms with Crippen LogP contribution in [0.2, 0.25) is 5.02 Å². The van der Waals surface area contributed by atoms with Gasteiger partial charge >= 0.3 is 0 Å². The summed E-state index contributed by atoms with van der Waals surface area (Å²) < 4.78 is 13.3. The molecule has 0 saturated heterocycles. The van der Waals surface area contributed by atoms with Crippen LogP contribution >= 0.6 is 11.6 Å². The lowest BCUT2D eigenvalue weighted by atomic mass is 9.89. The fourth-order valence-electron chi connectivity index (χ4n) is 3.10. The number of carbonyl (C=O) groups excluding carboxylic acids is 3. The lowest BCUT2D eigenvalue weighted by Gasteiger charge is -2.31. The molecule has 0 fully saturated rings. The Bertz CT molecular complexity index is 861. The van der Waals surface area contributed by atoms with Gasteiger partial charge in [-0.25, -0.2) is 4.39 Å². The van der Waals surface area contributed by atoms with Crippen molar-refractivity contribution < 1.29 is 29.0 Å². The molecule has 8 nitrogen and oxygen atoms in total. The second-order valence-electron chi connectivity index (χ2n) is 7.64. The van der Waals surface area contributed by atoms with Crippen molar-refractivity contribution in [1.82, 2.24) is 10.6 Å². The summed E-state index contributed by atoms with van der Waals surface area (Å²) in [6, 6.07) is 1.37. The zero-order valence-electron chi connectivity index (χ0n) is 16.6. The van der Waals surface area contributed by atoms with Crippen LogP contribution in [0.1, 0.15) is 37.0 Å².